The minimum absolute atomic E-state index is 0.0293. The largest absolute Gasteiger partial charge is 0.382 e. The van der Waals surface area contributed by atoms with Gasteiger partial charge in [-0.2, -0.15) is 5.10 Å². The maximum Gasteiger partial charge on any atom is 0.183 e. The standard InChI is InChI=1S/C13H18N8/c1-3-21-6-9(5-18-21)4-15-8(2)12-19-11(14)10-13(20-12)17-7-16-10/h5-8,15H,3-4H2,1-2H3,(H3,14,16,17,19,20). The van der Waals surface area contributed by atoms with Crippen molar-refractivity contribution in [2.24, 2.45) is 0 Å². The summed E-state index contributed by atoms with van der Waals surface area (Å²) in [6.07, 6.45) is 5.44. The SMILES string of the molecule is CCn1cc(CNC(C)c2nc(N)c3[nH]cnc3n2)cn1. The van der Waals surface area contributed by atoms with E-state index in [2.05, 4.69) is 37.3 Å². The molecule has 0 bridgehead atoms. The predicted molar refractivity (Wildman–Crippen MR) is 79.3 cm³/mol. The summed E-state index contributed by atoms with van der Waals surface area (Å²) in [4.78, 5) is 15.8. The van der Waals surface area contributed by atoms with Crippen LogP contribution in [0, 0.1) is 0 Å². The fourth-order valence-electron chi connectivity index (χ4n) is 2.10. The zero-order valence-corrected chi connectivity index (χ0v) is 12.0. The van der Waals surface area contributed by atoms with E-state index in [1.54, 1.807) is 6.33 Å². The minimum atomic E-state index is -0.0293. The lowest BCUT2D eigenvalue weighted by Gasteiger charge is -2.12. The van der Waals surface area contributed by atoms with Gasteiger partial charge in [-0.05, 0) is 13.8 Å². The third-order valence-electron chi connectivity index (χ3n) is 3.34. The van der Waals surface area contributed by atoms with Gasteiger partial charge in [-0.25, -0.2) is 15.0 Å². The molecule has 0 aromatic carbocycles. The van der Waals surface area contributed by atoms with E-state index in [9.17, 15) is 0 Å². The van der Waals surface area contributed by atoms with Gasteiger partial charge in [0.15, 0.2) is 11.5 Å². The number of hydrogen-bond acceptors (Lipinski definition) is 6. The average molecular weight is 286 g/mol. The van der Waals surface area contributed by atoms with Crippen molar-refractivity contribution in [2.45, 2.75) is 33.0 Å². The number of aromatic amines is 1. The van der Waals surface area contributed by atoms with Crippen molar-refractivity contribution in [1.82, 2.24) is 35.0 Å². The Balaban J connectivity index is 1.72. The molecule has 110 valence electrons. The van der Waals surface area contributed by atoms with Crippen molar-refractivity contribution >= 4 is 17.0 Å². The molecule has 0 spiro atoms. The Morgan fingerprint density at radius 3 is 3.05 bits per heavy atom. The molecule has 3 aromatic heterocycles. The number of nitrogens with two attached hydrogens (primary N) is 1. The Hall–Kier alpha value is -2.48. The lowest BCUT2D eigenvalue weighted by molar-refractivity contribution is 0.548. The molecule has 0 saturated heterocycles. The highest BCUT2D eigenvalue weighted by Crippen LogP contribution is 2.17. The molecule has 0 amide bonds. The zero-order valence-electron chi connectivity index (χ0n) is 12.0. The first kappa shape index (κ1) is 13.5. The molecule has 3 aromatic rings. The number of aromatic nitrogens is 6. The molecule has 1 atom stereocenters. The lowest BCUT2D eigenvalue weighted by Crippen LogP contribution is -2.20. The van der Waals surface area contributed by atoms with Crippen molar-refractivity contribution in [3.05, 3.63) is 30.1 Å². The van der Waals surface area contributed by atoms with Crippen LogP contribution in [-0.2, 0) is 13.1 Å². The number of anilines is 1. The molecular formula is C13H18N8. The van der Waals surface area contributed by atoms with E-state index in [4.69, 9.17) is 5.73 Å². The Kier molecular flexibility index (Phi) is 3.53. The van der Waals surface area contributed by atoms with E-state index in [1.165, 1.54) is 0 Å². The monoisotopic (exact) mass is 286 g/mol. The number of nitrogens with one attached hydrogen (secondary N) is 2. The van der Waals surface area contributed by atoms with Gasteiger partial charge in [0, 0.05) is 24.8 Å². The topological polar surface area (TPSA) is 110 Å². The van der Waals surface area contributed by atoms with Crippen LogP contribution in [0.25, 0.3) is 11.2 Å². The summed E-state index contributed by atoms with van der Waals surface area (Å²) in [5.74, 6) is 1.05. The molecule has 0 saturated carbocycles. The maximum atomic E-state index is 5.90. The van der Waals surface area contributed by atoms with Gasteiger partial charge >= 0.3 is 0 Å². The fourth-order valence-corrected chi connectivity index (χ4v) is 2.10. The second-order valence-electron chi connectivity index (χ2n) is 4.88. The predicted octanol–water partition coefficient (Wildman–Crippen LogP) is 1.00. The molecule has 0 fully saturated rings. The molecule has 4 N–H and O–H groups in total. The minimum Gasteiger partial charge on any atom is -0.382 e. The Labute approximate surface area is 121 Å². The quantitative estimate of drug-likeness (QED) is 0.645. The van der Waals surface area contributed by atoms with E-state index in [0.717, 1.165) is 12.1 Å². The van der Waals surface area contributed by atoms with Crippen molar-refractivity contribution in [1.29, 1.82) is 0 Å². The molecule has 1 unspecified atom stereocenters. The summed E-state index contributed by atoms with van der Waals surface area (Å²) in [5.41, 5.74) is 8.29. The smallest absolute Gasteiger partial charge is 0.183 e. The van der Waals surface area contributed by atoms with Gasteiger partial charge in [0.25, 0.3) is 0 Å². The van der Waals surface area contributed by atoms with Gasteiger partial charge in [0.05, 0.1) is 18.6 Å². The highest BCUT2D eigenvalue weighted by atomic mass is 15.3. The highest BCUT2D eigenvalue weighted by Gasteiger charge is 2.13. The van der Waals surface area contributed by atoms with Crippen LogP contribution in [0.3, 0.4) is 0 Å². The van der Waals surface area contributed by atoms with E-state index < -0.39 is 0 Å². The molecule has 0 aliphatic rings. The number of hydrogen-bond donors (Lipinski definition) is 3. The maximum absolute atomic E-state index is 5.90. The zero-order chi connectivity index (χ0) is 14.8. The molecule has 0 aliphatic carbocycles. The summed E-state index contributed by atoms with van der Waals surface area (Å²) < 4.78 is 1.89. The van der Waals surface area contributed by atoms with Gasteiger partial charge in [-0.3, -0.25) is 4.68 Å². The van der Waals surface area contributed by atoms with E-state index in [0.29, 0.717) is 29.4 Å². The summed E-state index contributed by atoms with van der Waals surface area (Å²) in [7, 11) is 0. The third-order valence-corrected chi connectivity index (χ3v) is 3.34. The Morgan fingerprint density at radius 2 is 2.29 bits per heavy atom. The molecule has 21 heavy (non-hydrogen) atoms. The van der Waals surface area contributed by atoms with Crippen LogP contribution >= 0.6 is 0 Å². The van der Waals surface area contributed by atoms with Crippen LogP contribution in [0.5, 0.6) is 0 Å². The first-order valence-electron chi connectivity index (χ1n) is 6.88. The Bertz CT molecular complexity index is 744. The second-order valence-corrected chi connectivity index (χ2v) is 4.88. The van der Waals surface area contributed by atoms with Crippen LogP contribution in [-0.4, -0.2) is 29.7 Å². The van der Waals surface area contributed by atoms with E-state index in [1.807, 2.05) is 24.0 Å². The summed E-state index contributed by atoms with van der Waals surface area (Å²) in [5, 5.41) is 7.61. The molecule has 8 nitrogen and oxygen atoms in total. The molecule has 3 heterocycles. The number of rotatable bonds is 5. The summed E-state index contributed by atoms with van der Waals surface area (Å²) in [6, 6.07) is -0.0293. The van der Waals surface area contributed by atoms with E-state index >= 15 is 0 Å². The number of imidazole rings is 1. The molecule has 3 rings (SSSR count). The van der Waals surface area contributed by atoms with Gasteiger partial charge in [0.1, 0.15) is 11.3 Å². The van der Waals surface area contributed by atoms with Crippen LogP contribution in [0.1, 0.15) is 31.3 Å². The number of fused-ring (bicyclic) bond motifs is 1. The highest BCUT2D eigenvalue weighted by molar-refractivity contribution is 5.80. The molecule has 8 heteroatoms. The lowest BCUT2D eigenvalue weighted by atomic mass is 10.2. The second kappa shape index (κ2) is 5.49. The molecule has 0 aliphatic heterocycles. The van der Waals surface area contributed by atoms with Crippen molar-refractivity contribution in [3.63, 3.8) is 0 Å². The summed E-state index contributed by atoms with van der Waals surface area (Å²) >= 11 is 0. The van der Waals surface area contributed by atoms with Crippen LogP contribution in [0.4, 0.5) is 5.82 Å². The fraction of sp³-hybridized carbons (Fsp3) is 0.385. The van der Waals surface area contributed by atoms with Crippen LogP contribution in [0.15, 0.2) is 18.7 Å². The number of aryl methyl sites for hydroxylation is 1. The number of nitrogen functional groups attached to an aromatic ring is 1. The van der Waals surface area contributed by atoms with Gasteiger partial charge < -0.3 is 16.0 Å². The van der Waals surface area contributed by atoms with Gasteiger partial charge in [0.2, 0.25) is 0 Å². The Morgan fingerprint density at radius 1 is 1.43 bits per heavy atom. The summed E-state index contributed by atoms with van der Waals surface area (Å²) in [6.45, 7) is 5.62. The van der Waals surface area contributed by atoms with Crippen molar-refractivity contribution in [2.75, 3.05) is 5.73 Å². The molecule has 0 radical (unpaired) electrons. The van der Waals surface area contributed by atoms with Crippen molar-refractivity contribution < 1.29 is 0 Å². The average Bonchev–Trinajstić information content (AvgIpc) is 3.13. The molecular weight excluding hydrogens is 268 g/mol. The van der Waals surface area contributed by atoms with E-state index in [-0.39, 0.29) is 6.04 Å². The number of H-pyrrole nitrogens is 1. The van der Waals surface area contributed by atoms with Gasteiger partial charge in [-0.1, -0.05) is 0 Å². The number of nitrogens with zero attached hydrogens (tertiary/aromatic N) is 5. The normalized spacial score (nSPS) is 12.9. The first-order chi connectivity index (χ1) is 10.2. The van der Waals surface area contributed by atoms with Crippen LogP contribution < -0.4 is 11.1 Å². The third kappa shape index (κ3) is 2.70. The first-order valence-corrected chi connectivity index (χ1v) is 6.88. The van der Waals surface area contributed by atoms with Crippen molar-refractivity contribution in [3.8, 4) is 0 Å². The van der Waals surface area contributed by atoms with Crippen LogP contribution in [0.2, 0.25) is 0 Å². The van der Waals surface area contributed by atoms with Gasteiger partial charge in [-0.15, -0.1) is 0 Å².